The first-order valence-corrected chi connectivity index (χ1v) is 6.86. The lowest BCUT2D eigenvalue weighted by atomic mass is 10.2. The number of aromatic amines is 2. The maximum atomic E-state index is 10.5. The highest BCUT2D eigenvalue weighted by atomic mass is 16.1. The first kappa shape index (κ1) is 13.8. The molecule has 0 atom stereocenters. The molecule has 0 saturated carbocycles. The summed E-state index contributed by atoms with van der Waals surface area (Å²) in [4.78, 5) is 26.8. The van der Waals surface area contributed by atoms with E-state index in [0.717, 1.165) is 39.9 Å². The third-order valence-electron chi connectivity index (χ3n) is 3.43. The van der Waals surface area contributed by atoms with Gasteiger partial charge in [0.15, 0.2) is 12.6 Å². The van der Waals surface area contributed by atoms with E-state index in [1.54, 1.807) is 6.20 Å². The van der Waals surface area contributed by atoms with Crippen molar-refractivity contribution < 1.29 is 9.59 Å². The van der Waals surface area contributed by atoms with E-state index in [4.69, 9.17) is 0 Å². The summed E-state index contributed by atoms with van der Waals surface area (Å²) in [6.45, 7) is 0. The Labute approximate surface area is 126 Å². The van der Waals surface area contributed by atoms with E-state index in [1.165, 1.54) is 0 Å². The van der Waals surface area contributed by atoms with Gasteiger partial charge in [-0.1, -0.05) is 36.4 Å². The third kappa shape index (κ3) is 2.67. The molecule has 4 aromatic rings. The first-order chi connectivity index (χ1) is 10.8. The molecule has 0 radical (unpaired) electrons. The molecule has 108 valence electrons. The molecule has 0 aliphatic rings. The molecule has 2 N–H and O–H groups in total. The Morgan fingerprint density at radius 1 is 0.818 bits per heavy atom. The number of hydrogen-bond donors (Lipinski definition) is 2. The Bertz CT molecular complexity index is 893. The largest absolute Gasteiger partial charge is 0.360 e. The summed E-state index contributed by atoms with van der Waals surface area (Å²) in [6.07, 6.45) is 3.40. The Balaban J connectivity index is 0.000000131. The van der Waals surface area contributed by atoms with Crippen LogP contribution in [0.5, 0.6) is 0 Å². The van der Waals surface area contributed by atoms with Gasteiger partial charge in [0.1, 0.15) is 0 Å². The molecule has 0 amide bonds. The predicted molar refractivity (Wildman–Crippen MR) is 87.4 cm³/mol. The topological polar surface area (TPSA) is 65.7 Å². The molecule has 0 bridgehead atoms. The molecule has 4 heteroatoms. The van der Waals surface area contributed by atoms with Gasteiger partial charge in [0.25, 0.3) is 0 Å². The van der Waals surface area contributed by atoms with Gasteiger partial charge in [0.05, 0.1) is 5.69 Å². The third-order valence-corrected chi connectivity index (χ3v) is 3.43. The van der Waals surface area contributed by atoms with Gasteiger partial charge in [-0.15, -0.1) is 0 Å². The molecule has 0 spiro atoms. The van der Waals surface area contributed by atoms with Crippen LogP contribution in [0.3, 0.4) is 0 Å². The van der Waals surface area contributed by atoms with Crippen LogP contribution in [0.15, 0.2) is 60.8 Å². The lowest BCUT2D eigenvalue weighted by Crippen LogP contribution is -1.73. The molecule has 4 rings (SSSR count). The second-order valence-electron chi connectivity index (χ2n) is 4.84. The quantitative estimate of drug-likeness (QED) is 0.549. The molecule has 0 unspecified atom stereocenters. The lowest BCUT2D eigenvalue weighted by Gasteiger charge is -1.86. The summed E-state index contributed by atoms with van der Waals surface area (Å²) in [7, 11) is 0. The molecule has 2 aromatic carbocycles. The zero-order chi connectivity index (χ0) is 15.4. The molecule has 0 aliphatic carbocycles. The van der Waals surface area contributed by atoms with E-state index >= 15 is 0 Å². The molecule has 22 heavy (non-hydrogen) atoms. The Morgan fingerprint density at radius 2 is 1.55 bits per heavy atom. The van der Waals surface area contributed by atoms with Gasteiger partial charge in [-0.3, -0.25) is 9.59 Å². The van der Waals surface area contributed by atoms with Gasteiger partial charge in [-0.2, -0.15) is 0 Å². The van der Waals surface area contributed by atoms with E-state index in [2.05, 4.69) is 9.97 Å². The number of carbonyl (C=O) groups excluding carboxylic acids is 2. The highest BCUT2D eigenvalue weighted by molar-refractivity contribution is 5.97. The number of para-hydroxylation sites is 2. The van der Waals surface area contributed by atoms with Crippen molar-refractivity contribution in [2.75, 3.05) is 0 Å². The minimum Gasteiger partial charge on any atom is -0.360 e. The highest BCUT2D eigenvalue weighted by Gasteiger charge is 1.98. The van der Waals surface area contributed by atoms with Crippen LogP contribution in [-0.2, 0) is 0 Å². The van der Waals surface area contributed by atoms with Crippen molar-refractivity contribution >= 4 is 34.4 Å². The minimum atomic E-state index is 0.631. The van der Waals surface area contributed by atoms with E-state index in [1.807, 2.05) is 54.6 Å². The summed E-state index contributed by atoms with van der Waals surface area (Å²) in [5.41, 5.74) is 3.37. The SMILES string of the molecule is O=Cc1c[nH]c2ccccc12.O=Cc1cc2ccccc2[nH]1. The average molecular weight is 290 g/mol. The second kappa shape index (κ2) is 6.10. The Kier molecular flexibility index (Phi) is 3.83. The molecule has 0 aliphatic heterocycles. The maximum absolute atomic E-state index is 10.5. The van der Waals surface area contributed by atoms with Crippen molar-refractivity contribution in [3.8, 4) is 0 Å². The summed E-state index contributed by atoms with van der Waals surface area (Å²) in [5.74, 6) is 0. The fraction of sp³-hybridized carbons (Fsp3) is 0. The highest BCUT2D eigenvalue weighted by Crippen LogP contribution is 2.15. The number of aromatic nitrogens is 2. The van der Waals surface area contributed by atoms with Gasteiger partial charge in [0.2, 0.25) is 0 Å². The van der Waals surface area contributed by atoms with Gasteiger partial charge in [0, 0.05) is 33.6 Å². The summed E-state index contributed by atoms with van der Waals surface area (Å²) in [6, 6.07) is 17.4. The van der Waals surface area contributed by atoms with Gasteiger partial charge >= 0.3 is 0 Å². The molecular formula is C18H14N2O2. The van der Waals surface area contributed by atoms with Crippen molar-refractivity contribution in [1.82, 2.24) is 9.97 Å². The summed E-state index contributed by atoms with van der Waals surface area (Å²) in [5, 5.41) is 2.07. The lowest BCUT2D eigenvalue weighted by molar-refractivity contribution is 0.111. The van der Waals surface area contributed by atoms with Crippen molar-refractivity contribution in [1.29, 1.82) is 0 Å². The molecule has 0 fully saturated rings. The van der Waals surface area contributed by atoms with Gasteiger partial charge < -0.3 is 9.97 Å². The van der Waals surface area contributed by atoms with Crippen molar-refractivity contribution in [3.63, 3.8) is 0 Å². The number of nitrogens with one attached hydrogen (secondary N) is 2. The number of H-pyrrole nitrogens is 2. The Hall–Kier alpha value is -3.14. The number of carbonyl (C=O) groups is 2. The minimum absolute atomic E-state index is 0.631. The van der Waals surface area contributed by atoms with Crippen LogP contribution in [0, 0.1) is 0 Å². The normalized spacial score (nSPS) is 10.2. The average Bonchev–Trinajstić information content (AvgIpc) is 3.18. The molecule has 0 saturated heterocycles. The van der Waals surface area contributed by atoms with Crippen LogP contribution < -0.4 is 0 Å². The zero-order valence-corrected chi connectivity index (χ0v) is 11.7. The van der Waals surface area contributed by atoms with Crippen LogP contribution in [0.2, 0.25) is 0 Å². The van der Waals surface area contributed by atoms with Crippen LogP contribution in [0.25, 0.3) is 21.8 Å². The fourth-order valence-corrected chi connectivity index (χ4v) is 2.35. The van der Waals surface area contributed by atoms with Crippen LogP contribution in [0.4, 0.5) is 0 Å². The van der Waals surface area contributed by atoms with Crippen LogP contribution in [0.1, 0.15) is 20.8 Å². The standard InChI is InChI=1S/2C9H7NO/c11-6-7-5-10-9-4-2-1-3-8(7)9;11-6-8-5-7-3-1-2-4-9(7)10-8/h2*1-6,10H. The Morgan fingerprint density at radius 3 is 2.27 bits per heavy atom. The number of fused-ring (bicyclic) bond motifs is 2. The van der Waals surface area contributed by atoms with E-state index in [9.17, 15) is 9.59 Å². The fourth-order valence-electron chi connectivity index (χ4n) is 2.35. The second-order valence-corrected chi connectivity index (χ2v) is 4.84. The molecular weight excluding hydrogens is 276 g/mol. The summed E-state index contributed by atoms with van der Waals surface area (Å²) < 4.78 is 0. The predicted octanol–water partition coefficient (Wildman–Crippen LogP) is 3.96. The first-order valence-electron chi connectivity index (χ1n) is 6.86. The van der Waals surface area contributed by atoms with Gasteiger partial charge in [-0.25, -0.2) is 0 Å². The van der Waals surface area contributed by atoms with Crippen LogP contribution in [-0.4, -0.2) is 22.5 Å². The monoisotopic (exact) mass is 290 g/mol. The van der Waals surface area contributed by atoms with E-state index in [-0.39, 0.29) is 0 Å². The molecule has 4 nitrogen and oxygen atoms in total. The number of hydrogen-bond acceptors (Lipinski definition) is 2. The van der Waals surface area contributed by atoms with E-state index in [0.29, 0.717) is 5.69 Å². The number of aldehydes is 2. The summed E-state index contributed by atoms with van der Waals surface area (Å²) >= 11 is 0. The maximum Gasteiger partial charge on any atom is 0.166 e. The van der Waals surface area contributed by atoms with Gasteiger partial charge in [-0.05, 0) is 18.2 Å². The molecule has 2 aromatic heterocycles. The molecule has 2 heterocycles. The van der Waals surface area contributed by atoms with Crippen LogP contribution >= 0.6 is 0 Å². The van der Waals surface area contributed by atoms with Crippen molar-refractivity contribution in [3.05, 3.63) is 72.1 Å². The van der Waals surface area contributed by atoms with Crippen molar-refractivity contribution in [2.45, 2.75) is 0 Å². The smallest absolute Gasteiger partial charge is 0.166 e. The number of benzene rings is 2. The zero-order valence-electron chi connectivity index (χ0n) is 11.7. The van der Waals surface area contributed by atoms with Crippen molar-refractivity contribution in [2.24, 2.45) is 0 Å². The van der Waals surface area contributed by atoms with E-state index < -0.39 is 0 Å². The number of rotatable bonds is 2.